The van der Waals surface area contributed by atoms with Crippen LogP contribution in [0.5, 0.6) is 0 Å². The maximum absolute atomic E-state index is 11.6. The minimum atomic E-state index is -0.599. The van der Waals surface area contributed by atoms with E-state index in [1.165, 1.54) is 0 Å². The highest BCUT2D eigenvalue weighted by atomic mass is 79.9. The summed E-state index contributed by atoms with van der Waals surface area (Å²) in [6, 6.07) is 14.8. The third-order valence-corrected chi connectivity index (χ3v) is 4.00. The Morgan fingerprint density at radius 1 is 0.708 bits per heavy atom. The molecule has 0 saturated heterocycles. The van der Waals surface area contributed by atoms with E-state index in [4.69, 9.17) is 9.47 Å². The van der Waals surface area contributed by atoms with Crippen molar-refractivity contribution in [1.29, 1.82) is 0 Å². The van der Waals surface area contributed by atoms with E-state index in [0.29, 0.717) is 0 Å². The van der Waals surface area contributed by atoms with Gasteiger partial charge in [-0.25, -0.2) is 9.59 Å². The Kier molecular flexibility index (Phi) is 7.21. The van der Waals surface area contributed by atoms with Gasteiger partial charge in [0.2, 0.25) is 0 Å². The first-order chi connectivity index (χ1) is 11.5. The molecule has 2 aromatic rings. The Labute approximate surface area is 156 Å². The van der Waals surface area contributed by atoms with Gasteiger partial charge in [0.05, 0.1) is 0 Å². The summed E-state index contributed by atoms with van der Waals surface area (Å²) in [4.78, 5) is 23.1. The average Bonchev–Trinajstić information content (AvgIpc) is 2.59. The summed E-state index contributed by atoms with van der Waals surface area (Å²) in [6.07, 6.45) is 2.12. The molecule has 4 nitrogen and oxygen atoms in total. The molecule has 0 fully saturated rings. The molecule has 0 bridgehead atoms. The SMILES string of the molecule is O=C(C=CC(=O)OCc1ccc(Br)cc1)OCc1ccc(Br)cc1. The van der Waals surface area contributed by atoms with E-state index in [-0.39, 0.29) is 13.2 Å². The van der Waals surface area contributed by atoms with Gasteiger partial charge in [0.1, 0.15) is 13.2 Å². The van der Waals surface area contributed by atoms with Gasteiger partial charge in [0.25, 0.3) is 0 Å². The molecular formula is C18H14Br2O4. The molecule has 0 spiro atoms. The fourth-order valence-electron chi connectivity index (χ4n) is 1.70. The summed E-state index contributed by atoms with van der Waals surface area (Å²) in [5.41, 5.74) is 1.72. The van der Waals surface area contributed by atoms with Crippen LogP contribution in [-0.4, -0.2) is 11.9 Å². The maximum atomic E-state index is 11.6. The van der Waals surface area contributed by atoms with Crippen molar-refractivity contribution < 1.29 is 19.1 Å². The number of hydrogen-bond acceptors (Lipinski definition) is 4. The van der Waals surface area contributed by atoms with Gasteiger partial charge in [0, 0.05) is 21.1 Å². The second kappa shape index (κ2) is 9.39. The van der Waals surface area contributed by atoms with E-state index in [0.717, 1.165) is 32.2 Å². The van der Waals surface area contributed by atoms with Crippen molar-refractivity contribution in [1.82, 2.24) is 0 Å². The van der Waals surface area contributed by atoms with E-state index >= 15 is 0 Å². The zero-order valence-corrected chi connectivity index (χ0v) is 15.7. The van der Waals surface area contributed by atoms with Crippen molar-refractivity contribution >= 4 is 43.8 Å². The molecule has 0 aliphatic heterocycles. The van der Waals surface area contributed by atoms with Gasteiger partial charge in [-0.05, 0) is 35.4 Å². The van der Waals surface area contributed by atoms with E-state index in [1.54, 1.807) is 0 Å². The second-order valence-electron chi connectivity index (χ2n) is 4.80. The molecule has 6 heteroatoms. The number of ether oxygens (including phenoxy) is 2. The molecule has 0 radical (unpaired) electrons. The number of carbonyl (C=O) groups excluding carboxylic acids is 2. The largest absolute Gasteiger partial charge is 0.458 e. The molecule has 0 unspecified atom stereocenters. The van der Waals surface area contributed by atoms with Crippen LogP contribution < -0.4 is 0 Å². The van der Waals surface area contributed by atoms with Crippen molar-refractivity contribution in [2.24, 2.45) is 0 Å². The lowest BCUT2D eigenvalue weighted by Gasteiger charge is -2.03. The highest BCUT2D eigenvalue weighted by molar-refractivity contribution is 9.10. The number of carbonyl (C=O) groups is 2. The van der Waals surface area contributed by atoms with Crippen LogP contribution in [0.4, 0.5) is 0 Å². The Morgan fingerprint density at radius 3 is 1.38 bits per heavy atom. The van der Waals surface area contributed by atoms with Crippen LogP contribution in [0.1, 0.15) is 11.1 Å². The van der Waals surface area contributed by atoms with Crippen LogP contribution in [0.15, 0.2) is 69.6 Å². The molecule has 24 heavy (non-hydrogen) atoms. The summed E-state index contributed by atoms with van der Waals surface area (Å²) < 4.78 is 12.0. The summed E-state index contributed by atoms with van der Waals surface area (Å²) in [5.74, 6) is -1.20. The van der Waals surface area contributed by atoms with E-state index < -0.39 is 11.9 Å². The Balaban J connectivity index is 1.73. The average molecular weight is 454 g/mol. The highest BCUT2D eigenvalue weighted by Crippen LogP contribution is 2.12. The first kappa shape index (κ1) is 18.4. The zero-order valence-electron chi connectivity index (χ0n) is 12.6. The topological polar surface area (TPSA) is 52.6 Å². The summed E-state index contributed by atoms with van der Waals surface area (Å²) in [6.45, 7) is 0.286. The number of benzene rings is 2. The third-order valence-electron chi connectivity index (χ3n) is 2.94. The summed E-state index contributed by atoms with van der Waals surface area (Å²) in [7, 11) is 0. The molecule has 0 saturated carbocycles. The lowest BCUT2D eigenvalue weighted by molar-refractivity contribution is -0.141. The van der Waals surface area contributed by atoms with Gasteiger partial charge >= 0.3 is 11.9 Å². The van der Waals surface area contributed by atoms with Crippen molar-refractivity contribution in [3.63, 3.8) is 0 Å². The maximum Gasteiger partial charge on any atom is 0.331 e. The Hall–Kier alpha value is -1.92. The predicted molar refractivity (Wildman–Crippen MR) is 97.0 cm³/mol. The zero-order chi connectivity index (χ0) is 17.4. The first-order valence-electron chi connectivity index (χ1n) is 7.03. The van der Waals surface area contributed by atoms with Gasteiger partial charge in [-0.1, -0.05) is 56.1 Å². The van der Waals surface area contributed by atoms with Crippen LogP contribution in [0.3, 0.4) is 0 Å². The molecule has 0 aliphatic rings. The molecule has 0 aliphatic carbocycles. The van der Waals surface area contributed by atoms with Crippen molar-refractivity contribution in [2.45, 2.75) is 13.2 Å². The highest BCUT2D eigenvalue weighted by Gasteiger charge is 2.03. The normalized spacial score (nSPS) is 10.6. The lowest BCUT2D eigenvalue weighted by Crippen LogP contribution is -2.04. The Morgan fingerprint density at radius 2 is 1.04 bits per heavy atom. The van der Waals surface area contributed by atoms with Crippen LogP contribution in [0.25, 0.3) is 0 Å². The molecule has 0 aromatic heterocycles. The molecule has 2 aromatic carbocycles. The van der Waals surface area contributed by atoms with Crippen LogP contribution in [0.2, 0.25) is 0 Å². The number of rotatable bonds is 6. The summed E-state index contributed by atoms with van der Waals surface area (Å²) in [5, 5.41) is 0. The molecule has 0 amide bonds. The van der Waals surface area contributed by atoms with Gasteiger partial charge < -0.3 is 9.47 Å². The number of halogens is 2. The minimum Gasteiger partial charge on any atom is -0.458 e. The molecule has 0 atom stereocenters. The van der Waals surface area contributed by atoms with Crippen LogP contribution in [0, 0.1) is 0 Å². The fraction of sp³-hybridized carbons (Fsp3) is 0.111. The smallest absolute Gasteiger partial charge is 0.331 e. The molecular weight excluding hydrogens is 440 g/mol. The van der Waals surface area contributed by atoms with E-state index in [9.17, 15) is 9.59 Å². The Bertz CT molecular complexity index is 658. The standard InChI is InChI=1S/C18H14Br2O4/c19-15-5-1-13(2-6-15)11-23-17(21)9-10-18(22)24-12-14-3-7-16(20)8-4-14/h1-10H,11-12H2. The predicted octanol–water partition coefficient (Wildman–Crippen LogP) is 4.55. The van der Waals surface area contributed by atoms with E-state index in [2.05, 4.69) is 31.9 Å². The number of esters is 2. The van der Waals surface area contributed by atoms with Gasteiger partial charge in [-0.3, -0.25) is 0 Å². The quantitative estimate of drug-likeness (QED) is 0.475. The number of hydrogen-bond donors (Lipinski definition) is 0. The van der Waals surface area contributed by atoms with Crippen LogP contribution in [-0.2, 0) is 32.3 Å². The van der Waals surface area contributed by atoms with E-state index in [1.807, 2.05) is 48.5 Å². The van der Waals surface area contributed by atoms with Crippen LogP contribution >= 0.6 is 31.9 Å². The fourth-order valence-corrected chi connectivity index (χ4v) is 2.23. The molecule has 2 rings (SSSR count). The third kappa shape index (κ3) is 6.68. The minimum absolute atomic E-state index is 0.143. The van der Waals surface area contributed by atoms with Gasteiger partial charge in [0.15, 0.2) is 0 Å². The van der Waals surface area contributed by atoms with Gasteiger partial charge in [-0.15, -0.1) is 0 Å². The monoisotopic (exact) mass is 452 g/mol. The van der Waals surface area contributed by atoms with Crippen molar-refractivity contribution in [3.05, 3.63) is 80.8 Å². The molecule has 124 valence electrons. The van der Waals surface area contributed by atoms with Gasteiger partial charge in [-0.2, -0.15) is 0 Å². The first-order valence-corrected chi connectivity index (χ1v) is 8.62. The van der Waals surface area contributed by atoms with Crippen molar-refractivity contribution in [2.75, 3.05) is 0 Å². The van der Waals surface area contributed by atoms with Crippen molar-refractivity contribution in [3.8, 4) is 0 Å². The second-order valence-corrected chi connectivity index (χ2v) is 6.63. The molecule has 0 heterocycles. The molecule has 0 N–H and O–H groups in total. The lowest BCUT2D eigenvalue weighted by atomic mass is 10.2. The summed E-state index contributed by atoms with van der Waals surface area (Å²) >= 11 is 6.66.